The molecule has 0 bridgehead atoms. The van der Waals surface area contributed by atoms with Crippen LogP contribution in [0, 0.1) is 5.92 Å². The molecular formula is C19H34BNO5. The van der Waals surface area contributed by atoms with E-state index in [9.17, 15) is 4.79 Å². The zero-order chi connectivity index (χ0) is 19.7. The number of nitrogens with zero attached hydrogens (tertiary/aromatic N) is 1. The Morgan fingerprint density at radius 1 is 1.08 bits per heavy atom. The fourth-order valence-electron chi connectivity index (χ4n) is 3.87. The summed E-state index contributed by atoms with van der Waals surface area (Å²) in [6.07, 6.45) is 0.657. The molecule has 7 heteroatoms. The number of carbonyl (C=O) groups is 1. The highest BCUT2D eigenvalue weighted by molar-refractivity contribution is 6.48. The van der Waals surface area contributed by atoms with Crippen molar-refractivity contribution in [2.75, 3.05) is 6.61 Å². The second-order valence-corrected chi connectivity index (χ2v) is 10.4. The molecule has 0 aromatic heterocycles. The van der Waals surface area contributed by atoms with Crippen LogP contribution in [-0.2, 0) is 18.8 Å². The first-order valence-corrected chi connectivity index (χ1v) is 9.66. The van der Waals surface area contributed by atoms with Crippen LogP contribution in [0.1, 0.15) is 68.7 Å². The summed E-state index contributed by atoms with van der Waals surface area (Å²) in [6.45, 7) is 18.3. The van der Waals surface area contributed by atoms with Crippen LogP contribution in [0.15, 0.2) is 0 Å². The maximum absolute atomic E-state index is 12.8. The first kappa shape index (κ1) is 20.0. The van der Waals surface area contributed by atoms with Gasteiger partial charge in [0.2, 0.25) is 0 Å². The molecule has 2 heterocycles. The summed E-state index contributed by atoms with van der Waals surface area (Å²) >= 11 is 0. The SMILES string of the molecule is CC(C)(C)OC(=O)N1[C@H]([C@@H]2C[C@H]2B2OC(C)(C)C(C)(C)O2)COC1(C)C. The summed E-state index contributed by atoms with van der Waals surface area (Å²) in [4.78, 5) is 14.6. The highest BCUT2D eigenvalue weighted by Crippen LogP contribution is 2.57. The smallest absolute Gasteiger partial charge is 0.444 e. The normalized spacial score (nSPS) is 34.9. The van der Waals surface area contributed by atoms with Gasteiger partial charge in [-0.2, -0.15) is 0 Å². The van der Waals surface area contributed by atoms with Crippen LogP contribution in [0.25, 0.3) is 0 Å². The molecule has 1 saturated carbocycles. The molecule has 3 rings (SSSR count). The van der Waals surface area contributed by atoms with Gasteiger partial charge in [-0.3, -0.25) is 4.90 Å². The minimum atomic E-state index is -0.671. The van der Waals surface area contributed by atoms with Gasteiger partial charge in [-0.15, -0.1) is 0 Å². The minimum absolute atomic E-state index is 0.0103. The highest BCUT2D eigenvalue weighted by atomic mass is 16.7. The molecule has 0 spiro atoms. The predicted molar refractivity (Wildman–Crippen MR) is 99.8 cm³/mol. The standard InChI is InChI=1S/C19H34BNO5/c1-16(2,3)24-15(22)21-14(11-23-19(21,8)9)12-10-13(12)20-25-17(4,5)18(6,7)26-20/h12-14H,10-11H2,1-9H3/t12-,13-,14+/m1/s1. The number of rotatable bonds is 2. The molecule has 0 radical (unpaired) electrons. The molecule has 3 fully saturated rings. The van der Waals surface area contributed by atoms with Gasteiger partial charge in [0.1, 0.15) is 11.3 Å². The summed E-state index contributed by atoms with van der Waals surface area (Å²) < 4.78 is 24.0. The molecule has 0 aromatic rings. The van der Waals surface area contributed by atoms with Crippen molar-refractivity contribution in [3.05, 3.63) is 0 Å². The third-order valence-electron chi connectivity index (χ3n) is 6.12. The Labute approximate surface area is 158 Å². The third-order valence-corrected chi connectivity index (χ3v) is 6.12. The molecular weight excluding hydrogens is 333 g/mol. The summed E-state index contributed by atoms with van der Waals surface area (Å²) in [5.41, 5.74) is -1.87. The van der Waals surface area contributed by atoms with Gasteiger partial charge in [0, 0.05) is 0 Å². The van der Waals surface area contributed by atoms with Crippen LogP contribution < -0.4 is 0 Å². The highest BCUT2D eigenvalue weighted by Gasteiger charge is 2.64. The molecule has 1 aliphatic carbocycles. The Morgan fingerprint density at radius 2 is 1.62 bits per heavy atom. The van der Waals surface area contributed by atoms with Crippen molar-refractivity contribution in [1.29, 1.82) is 0 Å². The van der Waals surface area contributed by atoms with Gasteiger partial charge in [-0.1, -0.05) is 0 Å². The number of hydrogen-bond donors (Lipinski definition) is 0. The Balaban J connectivity index is 1.71. The van der Waals surface area contributed by atoms with E-state index >= 15 is 0 Å². The summed E-state index contributed by atoms with van der Waals surface area (Å²) in [7, 11) is -0.228. The van der Waals surface area contributed by atoms with Gasteiger partial charge in [0.15, 0.2) is 0 Å². The zero-order valence-corrected chi connectivity index (χ0v) is 17.7. The monoisotopic (exact) mass is 367 g/mol. The Kier molecular flexibility index (Phi) is 4.49. The van der Waals surface area contributed by atoms with E-state index in [0.29, 0.717) is 12.5 Å². The van der Waals surface area contributed by atoms with E-state index in [-0.39, 0.29) is 36.3 Å². The largest absolute Gasteiger partial charge is 0.461 e. The van der Waals surface area contributed by atoms with Crippen LogP contribution in [-0.4, -0.2) is 53.3 Å². The van der Waals surface area contributed by atoms with E-state index < -0.39 is 11.3 Å². The van der Waals surface area contributed by atoms with Gasteiger partial charge in [0.25, 0.3) is 0 Å². The lowest BCUT2D eigenvalue weighted by Crippen LogP contribution is -2.50. The number of hydrogen-bond acceptors (Lipinski definition) is 5. The van der Waals surface area contributed by atoms with Crippen molar-refractivity contribution in [2.24, 2.45) is 5.92 Å². The molecule has 3 aliphatic rings. The van der Waals surface area contributed by atoms with Crippen molar-refractivity contribution in [3.63, 3.8) is 0 Å². The topological polar surface area (TPSA) is 57.2 Å². The first-order chi connectivity index (χ1) is 11.6. The van der Waals surface area contributed by atoms with Crippen LogP contribution >= 0.6 is 0 Å². The summed E-state index contributed by atoms with van der Waals surface area (Å²) in [5, 5.41) is 0. The lowest BCUT2D eigenvalue weighted by molar-refractivity contribution is -0.0631. The van der Waals surface area contributed by atoms with Gasteiger partial charge >= 0.3 is 13.2 Å². The van der Waals surface area contributed by atoms with Crippen molar-refractivity contribution in [2.45, 2.75) is 103 Å². The van der Waals surface area contributed by atoms with Gasteiger partial charge in [-0.25, -0.2) is 4.79 Å². The lowest BCUT2D eigenvalue weighted by atomic mass is 9.79. The van der Waals surface area contributed by atoms with E-state index in [1.165, 1.54) is 0 Å². The molecule has 2 saturated heterocycles. The minimum Gasteiger partial charge on any atom is -0.444 e. The maximum Gasteiger partial charge on any atom is 0.461 e. The second kappa shape index (κ2) is 5.85. The molecule has 26 heavy (non-hydrogen) atoms. The molecule has 148 valence electrons. The molecule has 0 unspecified atom stereocenters. The van der Waals surface area contributed by atoms with Crippen molar-refractivity contribution in [3.8, 4) is 0 Å². The number of amides is 1. The van der Waals surface area contributed by atoms with Crippen LogP contribution in [0.2, 0.25) is 5.82 Å². The quantitative estimate of drug-likeness (QED) is 0.694. The van der Waals surface area contributed by atoms with Crippen molar-refractivity contribution in [1.82, 2.24) is 4.90 Å². The first-order valence-electron chi connectivity index (χ1n) is 9.66. The molecule has 0 aromatic carbocycles. The fourth-order valence-corrected chi connectivity index (χ4v) is 3.87. The van der Waals surface area contributed by atoms with Crippen molar-refractivity contribution >= 4 is 13.2 Å². The van der Waals surface area contributed by atoms with Gasteiger partial charge in [-0.05, 0) is 80.5 Å². The van der Waals surface area contributed by atoms with E-state index in [4.69, 9.17) is 18.8 Å². The Morgan fingerprint density at radius 3 is 2.12 bits per heavy atom. The van der Waals surface area contributed by atoms with E-state index in [0.717, 1.165) is 6.42 Å². The van der Waals surface area contributed by atoms with Gasteiger partial charge < -0.3 is 18.8 Å². The predicted octanol–water partition coefficient (Wildman–Crippen LogP) is 3.84. The second-order valence-electron chi connectivity index (χ2n) is 10.4. The van der Waals surface area contributed by atoms with Crippen LogP contribution in [0.5, 0.6) is 0 Å². The van der Waals surface area contributed by atoms with Crippen molar-refractivity contribution < 1.29 is 23.6 Å². The van der Waals surface area contributed by atoms with E-state index in [2.05, 4.69) is 27.7 Å². The molecule has 1 amide bonds. The molecule has 2 aliphatic heterocycles. The summed E-state index contributed by atoms with van der Waals surface area (Å²) in [6, 6.07) is -0.0103. The molecule has 6 nitrogen and oxygen atoms in total. The molecule has 0 N–H and O–H groups in total. The average molecular weight is 367 g/mol. The Hall–Kier alpha value is -0.785. The van der Waals surface area contributed by atoms with Crippen LogP contribution in [0.4, 0.5) is 4.79 Å². The van der Waals surface area contributed by atoms with E-state index in [1.54, 1.807) is 4.90 Å². The lowest BCUT2D eigenvalue weighted by Gasteiger charge is -2.35. The zero-order valence-electron chi connectivity index (χ0n) is 17.7. The van der Waals surface area contributed by atoms with E-state index in [1.807, 2.05) is 34.6 Å². The summed E-state index contributed by atoms with van der Waals surface area (Å²) in [5.74, 6) is 0.586. The average Bonchev–Trinajstić information content (AvgIpc) is 3.08. The molecule has 3 atom stereocenters. The number of ether oxygens (including phenoxy) is 2. The van der Waals surface area contributed by atoms with Gasteiger partial charge in [0.05, 0.1) is 23.9 Å². The maximum atomic E-state index is 12.8. The Bertz CT molecular complexity index is 567. The third kappa shape index (κ3) is 3.50. The fraction of sp³-hybridized carbons (Fsp3) is 0.947. The van der Waals surface area contributed by atoms with Crippen LogP contribution in [0.3, 0.4) is 0 Å². The number of carbonyl (C=O) groups excluding carboxylic acids is 1.